The fraction of sp³-hybridized carbons (Fsp3) is 0. The van der Waals surface area contributed by atoms with Crippen LogP contribution in [0, 0.1) is 0 Å². The zero-order chi connectivity index (χ0) is 41.0. The van der Waals surface area contributed by atoms with E-state index < -0.39 is 8.07 Å². The maximum Gasteiger partial charge on any atom is 0.184 e. The van der Waals surface area contributed by atoms with Crippen molar-refractivity contribution in [2.45, 2.75) is 0 Å². The third-order valence-corrected chi connectivity index (χ3v) is 17.8. The van der Waals surface area contributed by atoms with Crippen molar-refractivity contribution in [3.05, 3.63) is 243 Å². The molecule has 1 nitrogen and oxygen atoms in total. The molecule has 0 aliphatic heterocycles. The molecule has 0 unspecified atom stereocenters. The zero-order valence-electron chi connectivity index (χ0n) is 34.0. The lowest BCUT2D eigenvalue weighted by molar-refractivity contribution is 0.671. The molecule has 0 N–H and O–H groups in total. The van der Waals surface area contributed by atoms with Gasteiger partial charge in [0.25, 0.3) is 0 Å². The number of fused-ring (bicyclic) bond motifs is 6. The molecule has 2 heteroatoms. The molecule has 290 valence electrons. The van der Waals surface area contributed by atoms with E-state index in [1.165, 1.54) is 86.4 Å². The average molecular weight is 805 g/mol. The van der Waals surface area contributed by atoms with Gasteiger partial charge in [0, 0.05) is 10.8 Å². The summed E-state index contributed by atoms with van der Waals surface area (Å²) in [5.74, 6) is 0. The van der Waals surface area contributed by atoms with Gasteiger partial charge in [0.1, 0.15) is 11.2 Å². The lowest BCUT2D eigenvalue weighted by atomic mass is 9.84. The number of para-hydroxylation sites is 1. The largest absolute Gasteiger partial charge is 0.456 e. The number of hydrogen-bond acceptors (Lipinski definition) is 1. The normalized spacial score (nSPS) is 11.9. The molecule has 1 aromatic heterocycles. The van der Waals surface area contributed by atoms with Crippen LogP contribution < -0.4 is 20.7 Å². The van der Waals surface area contributed by atoms with Crippen molar-refractivity contribution in [1.29, 1.82) is 0 Å². The van der Waals surface area contributed by atoms with Crippen molar-refractivity contribution in [1.82, 2.24) is 0 Å². The van der Waals surface area contributed by atoms with Gasteiger partial charge in [-0.05, 0) is 98.6 Å². The van der Waals surface area contributed by atoms with Gasteiger partial charge < -0.3 is 4.42 Å². The summed E-state index contributed by atoms with van der Waals surface area (Å²) in [6.45, 7) is 0. The maximum absolute atomic E-state index is 7.24. The van der Waals surface area contributed by atoms with E-state index >= 15 is 0 Å². The molecule has 11 aromatic carbocycles. The number of hydrogen-bond donors (Lipinski definition) is 0. The van der Waals surface area contributed by atoms with E-state index in [9.17, 15) is 0 Å². The molecule has 62 heavy (non-hydrogen) atoms. The Hall–Kier alpha value is -7.78. The van der Waals surface area contributed by atoms with E-state index in [-0.39, 0.29) is 0 Å². The molecule has 0 radical (unpaired) electrons. The monoisotopic (exact) mass is 804 g/mol. The quantitative estimate of drug-likeness (QED) is 0.0888. The highest BCUT2D eigenvalue weighted by atomic mass is 28.3. The van der Waals surface area contributed by atoms with E-state index in [0.717, 1.165) is 21.9 Å². The molecule has 0 atom stereocenters. The first-order chi connectivity index (χ1) is 30.8. The topological polar surface area (TPSA) is 13.1 Å². The van der Waals surface area contributed by atoms with Crippen molar-refractivity contribution in [2.24, 2.45) is 0 Å². The van der Waals surface area contributed by atoms with E-state index in [4.69, 9.17) is 4.42 Å². The maximum atomic E-state index is 7.24. The Bertz CT molecular complexity index is 3450. The molecule has 0 saturated carbocycles. The molecule has 0 aliphatic rings. The second kappa shape index (κ2) is 14.7. The average Bonchev–Trinajstić information content (AvgIpc) is 3.74. The zero-order valence-corrected chi connectivity index (χ0v) is 35.0. The van der Waals surface area contributed by atoms with E-state index in [0.29, 0.717) is 0 Å². The van der Waals surface area contributed by atoms with Crippen LogP contribution in [-0.4, -0.2) is 8.07 Å². The second-order valence-corrected chi connectivity index (χ2v) is 20.1. The smallest absolute Gasteiger partial charge is 0.184 e. The van der Waals surface area contributed by atoms with E-state index in [2.05, 4.69) is 243 Å². The first-order valence-electron chi connectivity index (χ1n) is 21.4. The van der Waals surface area contributed by atoms with Crippen LogP contribution in [0.15, 0.2) is 247 Å². The lowest BCUT2D eigenvalue weighted by Gasteiger charge is -2.34. The third-order valence-electron chi connectivity index (χ3n) is 13.0. The summed E-state index contributed by atoms with van der Waals surface area (Å²) in [6.07, 6.45) is 0. The molecular weight excluding hydrogens is 765 g/mol. The minimum Gasteiger partial charge on any atom is -0.456 e. The van der Waals surface area contributed by atoms with Crippen LogP contribution in [0.2, 0.25) is 0 Å². The van der Waals surface area contributed by atoms with Gasteiger partial charge in [0.05, 0.1) is 0 Å². The van der Waals surface area contributed by atoms with Crippen molar-refractivity contribution in [3.63, 3.8) is 0 Å². The predicted octanol–water partition coefficient (Wildman–Crippen LogP) is 13.4. The fourth-order valence-corrected chi connectivity index (χ4v) is 15.2. The summed E-state index contributed by atoms with van der Waals surface area (Å²) < 4.78 is 7.24. The van der Waals surface area contributed by atoms with Gasteiger partial charge in [-0.15, -0.1) is 0 Å². The Morgan fingerprint density at radius 1 is 0.306 bits per heavy atom. The summed E-state index contributed by atoms with van der Waals surface area (Å²) in [7, 11) is -2.89. The molecule has 0 amide bonds. The van der Waals surface area contributed by atoms with Gasteiger partial charge >= 0.3 is 0 Å². The molecule has 1 heterocycles. The molecular formula is C60H40OSi. The number of furan rings is 1. The van der Waals surface area contributed by atoms with E-state index in [1.807, 2.05) is 0 Å². The molecule has 0 spiro atoms. The van der Waals surface area contributed by atoms with Gasteiger partial charge in [-0.1, -0.05) is 231 Å². The lowest BCUT2D eigenvalue weighted by Crippen LogP contribution is -2.74. The van der Waals surface area contributed by atoms with Crippen LogP contribution in [0.4, 0.5) is 0 Å². The Kier molecular flexibility index (Phi) is 8.58. The van der Waals surface area contributed by atoms with Crippen LogP contribution >= 0.6 is 0 Å². The molecule has 12 aromatic rings. The highest BCUT2D eigenvalue weighted by Crippen LogP contribution is 2.47. The van der Waals surface area contributed by atoms with Crippen LogP contribution in [0.1, 0.15) is 0 Å². The standard InChI is InChI=1S/C60H40OSi/c1-4-20-46(21-5-1)62(47-22-6-2-7-23-47,48-24-8-3-9-25-48)56-33-17-31-54-59-53(30-16-32-55(59)61-60(54)56)58-51-28-14-12-26-49(51)57(50-27-13-15-29-52(50)58)43-37-34-42(35-38-43)45-39-36-41-18-10-11-19-44(41)40-45/h1-40H. The van der Waals surface area contributed by atoms with E-state index in [1.54, 1.807) is 0 Å². The van der Waals surface area contributed by atoms with Gasteiger partial charge in [-0.25, -0.2) is 0 Å². The molecule has 0 saturated heterocycles. The summed E-state index contributed by atoms with van der Waals surface area (Å²) in [5.41, 5.74) is 9.13. The van der Waals surface area contributed by atoms with Crippen LogP contribution in [0.25, 0.3) is 87.6 Å². The van der Waals surface area contributed by atoms with Crippen molar-refractivity contribution in [3.8, 4) is 33.4 Å². The summed E-state index contributed by atoms with van der Waals surface area (Å²) in [6, 6.07) is 89.1. The van der Waals surface area contributed by atoms with Crippen molar-refractivity contribution >= 4 is 83.1 Å². The Morgan fingerprint density at radius 2 is 0.774 bits per heavy atom. The van der Waals surface area contributed by atoms with Crippen molar-refractivity contribution < 1.29 is 4.42 Å². The number of rotatable bonds is 7. The first-order valence-corrected chi connectivity index (χ1v) is 23.4. The SMILES string of the molecule is c1ccc([Si](c2ccccc2)(c2ccccc2)c2cccc3c2oc2cccc(-c4c5ccccc5c(-c5ccc(-c6ccc7ccccc7c6)cc5)c5ccccc45)c23)cc1. The van der Waals surface area contributed by atoms with Crippen LogP contribution in [-0.2, 0) is 0 Å². The molecule has 0 fully saturated rings. The van der Waals surface area contributed by atoms with Gasteiger partial charge in [0.2, 0.25) is 0 Å². The third kappa shape index (κ3) is 5.61. The van der Waals surface area contributed by atoms with Gasteiger partial charge in [-0.2, -0.15) is 0 Å². The summed E-state index contributed by atoms with van der Waals surface area (Å²) in [5, 5.41) is 14.9. The van der Waals surface area contributed by atoms with Gasteiger partial charge in [-0.3, -0.25) is 0 Å². The molecule has 12 rings (SSSR count). The van der Waals surface area contributed by atoms with Gasteiger partial charge in [0.15, 0.2) is 8.07 Å². The highest BCUT2D eigenvalue weighted by Gasteiger charge is 2.43. The number of benzene rings is 11. The second-order valence-electron chi connectivity index (χ2n) is 16.3. The first kappa shape index (κ1) is 36.1. The predicted molar refractivity (Wildman–Crippen MR) is 266 cm³/mol. The highest BCUT2D eigenvalue weighted by molar-refractivity contribution is 7.20. The Balaban J connectivity index is 1.10. The Morgan fingerprint density at radius 3 is 1.37 bits per heavy atom. The summed E-state index contributed by atoms with van der Waals surface area (Å²) >= 11 is 0. The van der Waals surface area contributed by atoms with Crippen LogP contribution in [0.5, 0.6) is 0 Å². The van der Waals surface area contributed by atoms with Crippen LogP contribution in [0.3, 0.4) is 0 Å². The van der Waals surface area contributed by atoms with Crippen molar-refractivity contribution in [2.75, 3.05) is 0 Å². The molecule has 0 bridgehead atoms. The Labute approximate surface area is 361 Å². The minimum absolute atomic E-state index is 0.892. The fourth-order valence-electron chi connectivity index (χ4n) is 10.3. The summed E-state index contributed by atoms with van der Waals surface area (Å²) in [4.78, 5) is 0. The molecule has 0 aliphatic carbocycles. The minimum atomic E-state index is -2.89.